The molecule has 252 valence electrons. The van der Waals surface area contributed by atoms with E-state index in [9.17, 15) is 0 Å². The third-order valence-electron chi connectivity index (χ3n) is 9.96. The topological polar surface area (TPSA) is 18.5 Å². The van der Waals surface area contributed by atoms with E-state index in [1.807, 2.05) is 0 Å². The fourth-order valence-corrected chi connectivity index (χ4v) is 6.86. The van der Waals surface area contributed by atoms with Crippen LogP contribution in [0.1, 0.15) is 219 Å². The normalized spacial score (nSPS) is 17.3. The van der Waals surface area contributed by atoms with E-state index >= 15 is 0 Å². The van der Waals surface area contributed by atoms with Crippen molar-refractivity contribution in [1.82, 2.24) is 0 Å². The Morgan fingerprint density at radius 1 is 0.310 bits per heavy atom. The molecule has 1 rings (SSSR count). The lowest BCUT2D eigenvalue weighted by Crippen LogP contribution is -2.22. The molecule has 0 atom stereocenters. The van der Waals surface area contributed by atoms with Gasteiger partial charge in [-0.3, -0.25) is 0 Å². The molecular weight excluding hydrogens is 512 g/mol. The number of hydrogen-bond acceptors (Lipinski definition) is 2. The molecule has 1 aliphatic rings. The highest BCUT2D eigenvalue weighted by Gasteiger charge is 2.21. The van der Waals surface area contributed by atoms with Crippen molar-refractivity contribution in [3.8, 4) is 0 Å². The molecule has 0 aliphatic heterocycles. The van der Waals surface area contributed by atoms with Gasteiger partial charge in [-0.15, -0.1) is 0 Å². The predicted octanol–water partition coefficient (Wildman–Crippen LogP) is 13.8. The maximum Gasteiger partial charge on any atom is 0.0494 e. The standard InChI is InChI=1S/C40H80O2/c1-3-5-7-9-11-13-15-17-19-21-23-25-27-29-35-41-37-39-31-33-40(34-32-39)38-42-36-30-28-26-24-22-20-18-16-14-12-10-8-6-4-2/h39-40H,3-38H2,1-2H3. The summed E-state index contributed by atoms with van der Waals surface area (Å²) in [5.41, 5.74) is 0. The van der Waals surface area contributed by atoms with Gasteiger partial charge in [0.2, 0.25) is 0 Å². The van der Waals surface area contributed by atoms with Gasteiger partial charge >= 0.3 is 0 Å². The summed E-state index contributed by atoms with van der Waals surface area (Å²) in [4.78, 5) is 0. The first-order valence-electron chi connectivity index (χ1n) is 20.0. The average molecular weight is 593 g/mol. The van der Waals surface area contributed by atoms with Crippen LogP contribution in [0, 0.1) is 11.8 Å². The molecule has 0 aromatic heterocycles. The van der Waals surface area contributed by atoms with Crippen molar-refractivity contribution in [2.75, 3.05) is 26.4 Å². The molecule has 2 heteroatoms. The van der Waals surface area contributed by atoms with E-state index in [1.54, 1.807) is 0 Å². The van der Waals surface area contributed by atoms with Crippen LogP contribution in [0.5, 0.6) is 0 Å². The molecule has 0 N–H and O–H groups in total. The monoisotopic (exact) mass is 593 g/mol. The lowest BCUT2D eigenvalue weighted by atomic mass is 9.83. The minimum Gasteiger partial charge on any atom is -0.381 e. The van der Waals surface area contributed by atoms with E-state index in [0.717, 1.165) is 38.3 Å². The van der Waals surface area contributed by atoms with Crippen molar-refractivity contribution in [3.05, 3.63) is 0 Å². The molecule has 0 saturated heterocycles. The zero-order valence-corrected chi connectivity index (χ0v) is 29.4. The second-order valence-corrected chi connectivity index (χ2v) is 14.2. The van der Waals surface area contributed by atoms with Gasteiger partial charge in [0, 0.05) is 26.4 Å². The van der Waals surface area contributed by atoms with Crippen LogP contribution in [-0.2, 0) is 9.47 Å². The Labute approximate surface area is 266 Å². The number of unbranched alkanes of at least 4 members (excludes halogenated alkanes) is 26. The van der Waals surface area contributed by atoms with Crippen molar-refractivity contribution < 1.29 is 9.47 Å². The van der Waals surface area contributed by atoms with E-state index < -0.39 is 0 Å². The van der Waals surface area contributed by atoms with Gasteiger partial charge in [0.1, 0.15) is 0 Å². The SMILES string of the molecule is CCCCCCCCCCCCCCCCOCC1CCC(COCCCCCCCCCCCCCCCC)CC1. The molecular formula is C40H80O2. The van der Waals surface area contributed by atoms with E-state index in [1.165, 1.54) is 205 Å². The number of ether oxygens (including phenoxy) is 2. The van der Waals surface area contributed by atoms with Gasteiger partial charge in [0.25, 0.3) is 0 Å². The molecule has 42 heavy (non-hydrogen) atoms. The van der Waals surface area contributed by atoms with Gasteiger partial charge in [-0.05, 0) is 50.4 Å². The fraction of sp³-hybridized carbons (Fsp3) is 1.00. The minimum atomic E-state index is 0.804. The second-order valence-electron chi connectivity index (χ2n) is 14.2. The second kappa shape index (κ2) is 33.8. The van der Waals surface area contributed by atoms with Crippen molar-refractivity contribution in [1.29, 1.82) is 0 Å². The van der Waals surface area contributed by atoms with Crippen LogP contribution in [0.25, 0.3) is 0 Å². The van der Waals surface area contributed by atoms with Crippen LogP contribution in [0.15, 0.2) is 0 Å². The highest BCUT2D eigenvalue weighted by Crippen LogP contribution is 2.29. The van der Waals surface area contributed by atoms with Crippen molar-refractivity contribution >= 4 is 0 Å². The van der Waals surface area contributed by atoms with E-state index in [0.29, 0.717) is 0 Å². The zero-order valence-electron chi connectivity index (χ0n) is 29.4. The van der Waals surface area contributed by atoms with Gasteiger partial charge in [-0.25, -0.2) is 0 Å². The summed E-state index contributed by atoms with van der Waals surface area (Å²) in [6.45, 7) is 8.59. The van der Waals surface area contributed by atoms with Crippen LogP contribution >= 0.6 is 0 Å². The van der Waals surface area contributed by atoms with Crippen molar-refractivity contribution in [2.45, 2.75) is 219 Å². The molecule has 0 aromatic carbocycles. The predicted molar refractivity (Wildman–Crippen MR) is 188 cm³/mol. The van der Waals surface area contributed by atoms with Crippen LogP contribution < -0.4 is 0 Å². The van der Waals surface area contributed by atoms with Crippen molar-refractivity contribution in [3.63, 3.8) is 0 Å². The smallest absolute Gasteiger partial charge is 0.0494 e. The lowest BCUT2D eigenvalue weighted by Gasteiger charge is -2.28. The van der Waals surface area contributed by atoms with Gasteiger partial charge in [-0.2, -0.15) is 0 Å². The largest absolute Gasteiger partial charge is 0.381 e. The summed E-state index contributed by atoms with van der Waals surface area (Å²) >= 11 is 0. The summed E-state index contributed by atoms with van der Waals surface area (Å²) < 4.78 is 12.2. The molecule has 0 spiro atoms. The Bertz CT molecular complexity index is 440. The average Bonchev–Trinajstić information content (AvgIpc) is 3.01. The van der Waals surface area contributed by atoms with Crippen LogP contribution in [0.4, 0.5) is 0 Å². The van der Waals surface area contributed by atoms with Gasteiger partial charge in [-0.1, -0.05) is 181 Å². The Morgan fingerprint density at radius 2 is 0.524 bits per heavy atom. The highest BCUT2D eigenvalue weighted by atomic mass is 16.5. The molecule has 1 saturated carbocycles. The maximum atomic E-state index is 6.08. The lowest BCUT2D eigenvalue weighted by molar-refractivity contribution is 0.0477. The summed E-state index contributed by atoms with van der Waals surface area (Å²) in [5, 5.41) is 0. The fourth-order valence-electron chi connectivity index (χ4n) is 6.86. The third kappa shape index (κ3) is 28.7. The maximum absolute atomic E-state index is 6.08. The van der Waals surface area contributed by atoms with E-state index in [2.05, 4.69) is 13.8 Å². The summed E-state index contributed by atoms with van der Waals surface area (Å²) in [6, 6.07) is 0. The molecule has 0 amide bonds. The highest BCUT2D eigenvalue weighted by molar-refractivity contribution is 4.72. The van der Waals surface area contributed by atoms with Gasteiger partial charge in [0.15, 0.2) is 0 Å². The molecule has 0 heterocycles. The van der Waals surface area contributed by atoms with Crippen LogP contribution in [-0.4, -0.2) is 26.4 Å². The number of rotatable bonds is 34. The van der Waals surface area contributed by atoms with E-state index in [4.69, 9.17) is 9.47 Å². The minimum absolute atomic E-state index is 0.804. The first-order chi connectivity index (χ1) is 20.9. The first-order valence-corrected chi connectivity index (χ1v) is 20.0. The summed E-state index contributed by atoms with van der Waals surface area (Å²) in [6.07, 6.45) is 45.3. The molecule has 0 radical (unpaired) electrons. The molecule has 0 unspecified atom stereocenters. The molecule has 1 aliphatic carbocycles. The molecule has 1 fully saturated rings. The van der Waals surface area contributed by atoms with Crippen molar-refractivity contribution in [2.24, 2.45) is 11.8 Å². The van der Waals surface area contributed by atoms with Gasteiger partial charge < -0.3 is 9.47 Å². The zero-order chi connectivity index (χ0) is 30.0. The number of hydrogen-bond donors (Lipinski definition) is 0. The molecule has 2 nitrogen and oxygen atoms in total. The first kappa shape index (κ1) is 39.9. The van der Waals surface area contributed by atoms with E-state index in [-0.39, 0.29) is 0 Å². The van der Waals surface area contributed by atoms with Crippen LogP contribution in [0.2, 0.25) is 0 Å². The van der Waals surface area contributed by atoms with Gasteiger partial charge in [0.05, 0.1) is 0 Å². The quantitative estimate of drug-likeness (QED) is 0.0692. The Morgan fingerprint density at radius 3 is 0.762 bits per heavy atom. The Kier molecular flexibility index (Phi) is 32.2. The molecule has 0 bridgehead atoms. The van der Waals surface area contributed by atoms with Crippen LogP contribution in [0.3, 0.4) is 0 Å². The summed E-state index contributed by atoms with van der Waals surface area (Å²) in [5.74, 6) is 1.61. The Hall–Kier alpha value is -0.0800. The molecule has 0 aromatic rings. The Balaban J connectivity index is 1.73. The summed E-state index contributed by atoms with van der Waals surface area (Å²) in [7, 11) is 0. The third-order valence-corrected chi connectivity index (χ3v) is 9.96.